The van der Waals surface area contributed by atoms with Gasteiger partial charge in [0.05, 0.1) is 11.9 Å². The number of nitrogens with zero attached hydrogens (tertiary/aromatic N) is 1. The van der Waals surface area contributed by atoms with Gasteiger partial charge in [-0.15, -0.1) is 0 Å². The number of carbonyl (C=O) groups excluding carboxylic acids is 1. The Morgan fingerprint density at radius 2 is 1.68 bits per heavy atom. The maximum absolute atomic E-state index is 12.9. The van der Waals surface area contributed by atoms with Crippen molar-refractivity contribution < 1.29 is 17.6 Å². The summed E-state index contributed by atoms with van der Waals surface area (Å²) in [5, 5.41) is 2.82. The Morgan fingerprint density at radius 1 is 1.07 bits per heavy atom. The van der Waals surface area contributed by atoms with E-state index >= 15 is 0 Å². The molecule has 0 heterocycles. The topological polar surface area (TPSA) is 66.5 Å². The van der Waals surface area contributed by atoms with E-state index in [1.807, 2.05) is 32.0 Å². The molecule has 2 rings (SSSR count). The van der Waals surface area contributed by atoms with Crippen molar-refractivity contribution in [3.8, 4) is 0 Å². The summed E-state index contributed by atoms with van der Waals surface area (Å²) in [4.78, 5) is 12.0. The Labute approximate surface area is 166 Å². The van der Waals surface area contributed by atoms with Crippen LogP contribution >= 0.6 is 0 Å². The lowest BCUT2D eigenvalue weighted by Gasteiger charge is -2.23. The zero-order chi connectivity index (χ0) is 20.7. The summed E-state index contributed by atoms with van der Waals surface area (Å²) in [6.07, 6.45) is 2.44. The molecule has 152 valence electrons. The molecule has 0 aliphatic rings. The third-order valence-electron chi connectivity index (χ3n) is 4.31. The van der Waals surface area contributed by atoms with Gasteiger partial charge in [-0.05, 0) is 67.6 Å². The second-order valence-corrected chi connectivity index (χ2v) is 8.92. The third kappa shape index (κ3) is 6.96. The molecule has 0 spiro atoms. The fourth-order valence-electron chi connectivity index (χ4n) is 3.05. The quantitative estimate of drug-likeness (QED) is 0.695. The zero-order valence-electron chi connectivity index (χ0n) is 16.5. The van der Waals surface area contributed by atoms with E-state index in [1.165, 1.54) is 22.7 Å². The number of benzene rings is 2. The third-order valence-corrected chi connectivity index (χ3v) is 5.50. The van der Waals surface area contributed by atoms with Crippen molar-refractivity contribution >= 4 is 21.6 Å². The number of hydrogen-bond donors (Lipinski definition) is 1. The monoisotopic (exact) mass is 406 g/mol. The normalized spacial score (nSPS) is 11.3. The molecule has 0 aliphatic carbocycles. The summed E-state index contributed by atoms with van der Waals surface area (Å²) in [5.74, 6) is -0.414. The van der Waals surface area contributed by atoms with Crippen molar-refractivity contribution in [3.63, 3.8) is 0 Å². The standard InChI is InChI=1S/C21H27FN2O3S/c1-16-13-17(2)15-20(14-16)24(28(3,26)27)12-4-5-21(25)23-11-10-18-6-8-19(22)9-7-18/h6-9,13-15H,4-5,10-12H2,1-3H3,(H,23,25). The predicted octanol–water partition coefficient (Wildman–Crippen LogP) is 3.35. The number of hydrogen-bond acceptors (Lipinski definition) is 3. The van der Waals surface area contributed by atoms with Crippen LogP contribution in [0.3, 0.4) is 0 Å². The van der Waals surface area contributed by atoms with Crippen LogP contribution in [0.4, 0.5) is 10.1 Å². The lowest BCUT2D eigenvalue weighted by Crippen LogP contribution is -2.32. The van der Waals surface area contributed by atoms with E-state index in [-0.39, 0.29) is 24.7 Å². The van der Waals surface area contributed by atoms with Crippen LogP contribution in [0.25, 0.3) is 0 Å². The summed E-state index contributed by atoms with van der Waals surface area (Å²) in [7, 11) is -3.43. The van der Waals surface area contributed by atoms with Crippen LogP contribution < -0.4 is 9.62 Å². The largest absolute Gasteiger partial charge is 0.356 e. The van der Waals surface area contributed by atoms with Crippen molar-refractivity contribution in [2.75, 3.05) is 23.7 Å². The van der Waals surface area contributed by atoms with E-state index in [1.54, 1.807) is 12.1 Å². The number of aryl methyl sites for hydroxylation is 2. The SMILES string of the molecule is Cc1cc(C)cc(N(CCCC(=O)NCCc2ccc(F)cc2)S(C)(=O)=O)c1. The first kappa shape index (κ1) is 21.9. The highest BCUT2D eigenvalue weighted by atomic mass is 32.2. The van der Waals surface area contributed by atoms with Gasteiger partial charge in [0.2, 0.25) is 15.9 Å². The van der Waals surface area contributed by atoms with Crippen molar-refractivity contribution in [3.05, 3.63) is 65.0 Å². The molecule has 5 nitrogen and oxygen atoms in total. The van der Waals surface area contributed by atoms with Crippen LogP contribution in [0.15, 0.2) is 42.5 Å². The number of sulfonamides is 1. The molecule has 0 aromatic heterocycles. The van der Waals surface area contributed by atoms with Crippen molar-refractivity contribution in [2.45, 2.75) is 33.1 Å². The van der Waals surface area contributed by atoms with Gasteiger partial charge >= 0.3 is 0 Å². The lowest BCUT2D eigenvalue weighted by atomic mass is 10.1. The van der Waals surface area contributed by atoms with E-state index in [0.29, 0.717) is 25.1 Å². The molecule has 1 N–H and O–H groups in total. The van der Waals surface area contributed by atoms with Gasteiger partial charge in [-0.3, -0.25) is 9.10 Å². The molecule has 0 radical (unpaired) electrons. The van der Waals surface area contributed by atoms with Crippen LogP contribution in [-0.2, 0) is 21.2 Å². The van der Waals surface area contributed by atoms with Crippen LogP contribution in [0.1, 0.15) is 29.5 Å². The molecule has 0 fully saturated rings. The molecule has 0 saturated carbocycles. The van der Waals surface area contributed by atoms with Crippen LogP contribution in [0.2, 0.25) is 0 Å². The Kier molecular flexibility index (Phi) is 7.57. The highest BCUT2D eigenvalue weighted by Crippen LogP contribution is 2.21. The van der Waals surface area contributed by atoms with Crippen molar-refractivity contribution in [1.29, 1.82) is 0 Å². The molecule has 1 amide bonds. The minimum Gasteiger partial charge on any atom is -0.356 e. The maximum Gasteiger partial charge on any atom is 0.232 e. The number of anilines is 1. The minimum atomic E-state index is -3.43. The Balaban J connectivity index is 1.84. The van der Waals surface area contributed by atoms with Gasteiger partial charge in [-0.1, -0.05) is 18.2 Å². The predicted molar refractivity (Wildman–Crippen MR) is 110 cm³/mol. The van der Waals surface area contributed by atoms with Gasteiger partial charge in [0.15, 0.2) is 0 Å². The first-order valence-electron chi connectivity index (χ1n) is 9.22. The number of amides is 1. The molecule has 28 heavy (non-hydrogen) atoms. The Morgan fingerprint density at radius 3 is 2.25 bits per heavy atom. The van der Waals surface area contributed by atoms with Gasteiger partial charge in [-0.25, -0.2) is 12.8 Å². The van der Waals surface area contributed by atoms with Crippen LogP contribution in [0, 0.1) is 19.7 Å². The average molecular weight is 407 g/mol. The van der Waals surface area contributed by atoms with E-state index in [2.05, 4.69) is 5.32 Å². The Bertz CT molecular complexity index is 891. The van der Waals surface area contributed by atoms with E-state index in [4.69, 9.17) is 0 Å². The van der Waals surface area contributed by atoms with Gasteiger partial charge in [-0.2, -0.15) is 0 Å². The fourth-order valence-corrected chi connectivity index (χ4v) is 4.00. The second-order valence-electron chi connectivity index (χ2n) is 7.01. The summed E-state index contributed by atoms with van der Waals surface area (Å²) in [5.41, 5.74) is 3.54. The van der Waals surface area contributed by atoms with Crippen molar-refractivity contribution in [2.24, 2.45) is 0 Å². The molecule has 2 aromatic carbocycles. The first-order chi connectivity index (χ1) is 13.1. The average Bonchev–Trinajstić information content (AvgIpc) is 2.58. The summed E-state index contributed by atoms with van der Waals surface area (Å²) in [6, 6.07) is 11.8. The van der Waals surface area contributed by atoms with Gasteiger partial charge in [0.25, 0.3) is 0 Å². The molecule has 0 bridgehead atoms. The van der Waals surface area contributed by atoms with E-state index in [0.717, 1.165) is 16.7 Å². The highest BCUT2D eigenvalue weighted by Gasteiger charge is 2.18. The molecular weight excluding hydrogens is 379 g/mol. The highest BCUT2D eigenvalue weighted by molar-refractivity contribution is 7.92. The fraction of sp³-hybridized carbons (Fsp3) is 0.381. The zero-order valence-corrected chi connectivity index (χ0v) is 17.4. The van der Waals surface area contributed by atoms with Crippen LogP contribution in [0.5, 0.6) is 0 Å². The number of carbonyl (C=O) groups is 1. The first-order valence-corrected chi connectivity index (χ1v) is 11.1. The molecule has 0 aliphatic heterocycles. The molecular formula is C21H27FN2O3S. The Hall–Kier alpha value is -2.41. The van der Waals surface area contributed by atoms with E-state index < -0.39 is 10.0 Å². The van der Waals surface area contributed by atoms with Gasteiger partial charge in [0.1, 0.15) is 5.82 Å². The maximum atomic E-state index is 12.9. The van der Waals surface area contributed by atoms with Gasteiger partial charge in [0, 0.05) is 19.5 Å². The summed E-state index contributed by atoms with van der Waals surface area (Å²) < 4.78 is 38.6. The van der Waals surface area contributed by atoms with Gasteiger partial charge < -0.3 is 5.32 Å². The molecule has 0 unspecified atom stereocenters. The second kappa shape index (κ2) is 9.68. The summed E-state index contributed by atoms with van der Waals surface area (Å²) in [6.45, 7) is 4.54. The number of halogens is 1. The molecule has 0 atom stereocenters. The summed E-state index contributed by atoms with van der Waals surface area (Å²) >= 11 is 0. The van der Waals surface area contributed by atoms with E-state index in [9.17, 15) is 17.6 Å². The molecule has 2 aromatic rings. The lowest BCUT2D eigenvalue weighted by molar-refractivity contribution is -0.121. The minimum absolute atomic E-state index is 0.129. The molecule has 0 saturated heterocycles. The van der Waals surface area contributed by atoms with Crippen LogP contribution in [-0.4, -0.2) is 33.7 Å². The molecule has 7 heteroatoms. The number of nitrogens with one attached hydrogen (secondary N) is 1. The van der Waals surface area contributed by atoms with Crippen molar-refractivity contribution in [1.82, 2.24) is 5.32 Å². The number of rotatable bonds is 9. The smallest absolute Gasteiger partial charge is 0.232 e.